The van der Waals surface area contributed by atoms with E-state index < -0.39 is 18.1 Å². The smallest absolute Gasteiger partial charge is 0.411 e. The lowest BCUT2D eigenvalue weighted by Gasteiger charge is -2.46. The highest BCUT2D eigenvalue weighted by atomic mass is 16.6. The molecule has 0 radical (unpaired) electrons. The molecule has 2 atom stereocenters. The Morgan fingerprint density at radius 3 is 2.33 bits per heavy atom. The summed E-state index contributed by atoms with van der Waals surface area (Å²) in [5.41, 5.74) is 2.47. The van der Waals surface area contributed by atoms with Crippen LogP contribution in [0.3, 0.4) is 0 Å². The van der Waals surface area contributed by atoms with Crippen LogP contribution in [-0.2, 0) is 22.6 Å². The summed E-state index contributed by atoms with van der Waals surface area (Å²) in [5, 5.41) is 9.80. The Morgan fingerprint density at radius 2 is 1.70 bits per heavy atom. The average molecular weight is 367 g/mol. The Bertz CT molecular complexity index is 826. The third kappa shape index (κ3) is 3.97. The molecule has 0 bridgehead atoms. The summed E-state index contributed by atoms with van der Waals surface area (Å²) in [7, 11) is 0. The summed E-state index contributed by atoms with van der Waals surface area (Å²) in [6.07, 6.45) is -0.320. The van der Waals surface area contributed by atoms with Gasteiger partial charge in [-0.3, -0.25) is 4.90 Å². The van der Waals surface area contributed by atoms with Crippen LogP contribution in [0.15, 0.2) is 54.6 Å². The number of carboxylic acid groups (broad SMARTS) is 1. The molecule has 5 nitrogen and oxygen atoms in total. The Kier molecular flexibility index (Phi) is 5.22. The summed E-state index contributed by atoms with van der Waals surface area (Å²) in [5.74, 6) is -1.02. The highest BCUT2D eigenvalue weighted by Gasteiger charge is 2.46. The van der Waals surface area contributed by atoms with Crippen molar-refractivity contribution in [2.45, 2.75) is 45.9 Å². The van der Waals surface area contributed by atoms with E-state index in [-0.39, 0.29) is 24.5 Å². The first-order chi connectivity index (χ1) is 12.8. The maximum absolute atomic E-state index is 13.0. The van der Waals surface area contributed by atoms with Gasteiger partial charge in [0.2, 0.25) is 0 Å². The molecule has 1 aliphatic heterocycles. The Labute approximate surface area is 159 Å². The molecule has 0 saturated carbocycles. The van der Waals surface area contributed by atoms with Crippen LogP contribution in [0, 0.1) is 5.41 Å². The van der Waals surface area contributed by atoms with Crippen LogP contribution >= 0.6 is 0 Å². The highest BCUT2D eigenvalue weighted by Crippen LogP contribution is 2.44. The van der Waals surface area contributed by atoms with Gasteiger partial charge in [-0.25, -0.2) is 9.59 Å². The van der Waals surface area contributed by atoms with E-state index in [0.717, 1.165) is 16.7 Å². The van der Waals surface area contributed by atoms with Crippen LogP contribution < -0.4 is 0 Å². The number of nitrogens with zero attached hydrogens (tertiary/aromatic N) is 1. The molecule has 2 aromatic rings. The fourth-order valence-corrected chi connectivity index (χ4v) is 3.74. The van der Waals surface area contributed by atoms with Crippen molar-refractivity contribution in [1.82, 2.24) is 4.90 Å². The van der Waals surface area contributed by atoms with Gasteiger partial charge >= 0.3 is 12.1 Å². The van der Waals surface area contributed by atoms with E-state index >= 15 is 0 Å². The highest BCUT2D eigenvalue weighted by molar-refractivity contribution is 5.81. The molecule has 0 saturated heterocycles. The maximum atomic E-state index is 13.0. The number of aliphatic carboxylic acids is 1. The zero-order chi connectivity index (χ0) is 19.6. The fraction of sp³-hybridized carbons (Fsp3) is 0.364. The van der Waals surface area contributed by atoms with Crippen LogP contribution in [-0.4, -0.2) is 28.1 Å². The lowest BCUT2D eigenvalue weighted by atomic mass is 9.75. The summed E-state index contributed by atoms with van der Waals surface area (Å²) in [6.45, 7) is 6.14. The molecule has 1 N–H and O–H groups in total. The Hall–Kier alpha value is -2.82. The van der Waals surface area contributed by atoms with E-state index in [2.05, 4.69) is 0 Å². The molecule has 2 aromatic carbocycles. The number of carbonyl (C=O) groups is 2. The first-order valence-corrected chi connectivity index (χ1v) is 9.08. The summed E-state index contributed by atoms with van der Waals surface area (Å²) in [4.78, 5) is 26.4. The second-order valence-corrected chi connectivity index (χ2v) is 7.97. The number of rotatable bonds is 3. The minimum atomic E-state index is -1.02. The largest absolute Gasteiger partial charge is 0.480 e. The number of benzene rings is 2. The van der Waals surface area contributed by atoms with Crippen molar-refractivity contribution >= 4 is 12.1 Å². The zero-order valence-corrected chi connectivity index (χ0v) is 15.9. The van der Waals surface area contributed by atoms with Crippen molar-refractivity contribution in [2.24, 2.45) is 5.41 Å². The van der Waals surface area contributed by atoms with Crippen LogP contribution in [0.4, 0.5) is 4.79 Å². The van der Waals surface area contributed by atoms with Crippen molar-refractivity contribution < 1.29 is 19.4 Å². The number of fused-ring (bicyclic) bond motifs is 1. The van der Waals surface area contributed by atoms with E-state index in [9.17, 15) is 14.7 Å². The van der Waals surface area contributed by atoms with Gasteiger partial charge in [-0.05, 0) is 22.1 Å². The first kappa shape index (κ1) is 19.0. The van der Waals surface area contributed by atoms with Crippen LogP contribution in [0.25, 0.3) is 0 Å². The van der Waals surface area contributed by atoms with Gasteiger partial charge in [0, 0.05) is 6.42 Å². The van der Waals surface area contributed by atoms with Gasteiger partial charge in [-0.15, -0.1) is 0 Å². The van der Waals surface area contributed by atoms with Gasteiger partial charge in [0.15, 0.2) is 0 Å². The molecule has 3 rings (SSSR count). The second kappa shape index (κ2) is 7.43. The van der Waals surface area contributed by atoms with Crippen molar-refractivity contribution in [2.75, 3.05) is 0 Å². The van der Waals surface area contributed by atoms with E-state index in [1.54, 1.807) is 0 Å². The lowest BCUT2D eigenvalue weighted by Crippen LogP contribution is -2.54. The molecule has 0 spiro atoms. The Balaban J connectivity index is 1.95. The summed E-state index contributed by atoms with van der Waals surface area (Å²) in [6, 6.07) is 15.8. The van der Waals surface area contributed by atoms with Gasteiger partial charge in [0.05, 0.1) is 6.04 Å². The molecule has 1 aliphatic rings. The molecule has 1 heterocycles. The molecular formula is C22H25NO4. The van der Waals surface area contributed by atoms with Crippen molar-refractivity contribution in [1.29, 1.82) is 0 Å². The molecule has 142 valence electrons. The van der Waals surface area contributed by atoms with Crippen molar-refractivity contribution in [3.63, 3.8) is 0 Å². The monoisotopic (exact) mass is 367 g/mol. The van der Waals surface area contributed by atoms with Gasteiger partial charge in [-0.1, -0.05) is 75.4 Å². The number of hydrogen-bond donors (Lipinski definition) is 1. The quantitative estimate of drug-likeness (QED) is 0.872. The zero-order valence-electron chi connectivity index (χ0n) is 15.9. The molecule has 5 heteroatoms. The van der Waals surface area contributed by atoms with E-state index in [1.807, 2.05) is 75.4 Å². The fourth-order valence-electron chi connectivity index (χ4n) is 3.74. The van der Waals surface area contributed by atoms with Crippen LogP contribution in [0.2, 0.25) is 0 Å². The standard InChI is InChI=1S/C22H25NO4/c1-22(2,3)19-17-12-8-7-11-16(17)13-18(20(24)25)23(19)21(26)27-14-15-9-5-4-6-10-15/h4-12,18-19H,13-14H2,1-3H3,(H,24,25). The summed E-state index contributed by atoms with van der Waals surface area (Å²) >= 11 is 0. The minimum absolute atomic E-state index is 0.112. The normalized spacial score (nSPS) is 19.3. The van der Waals surface area contributed by atoms with Crippen LogP contribution in [0.1, 0.15) is 43.5 Å². The molecule has 0 aromatic heterocycles. The van der Waals surface area contributed by atoms with Gasteiger partial charge in [-0.2, -0.15) is 0 Å². The predicted octanol–water partition coefficient (Wildman–Crippen LogP) is 4.42. The summed E-state index contributed by atoms with van der Waals surface area (Å²) < 4.78 is 5.51. The Morgan fingerprint density at radius 1 is 1.07 bits per heavy atom. The predicted molar refractivity (Wildman–Crippen MR) is 102 cm³/mol. The molecule has 0 aliphatic carbocycles. The topological polar surface area (TPSA) is 66.8 Å². The van der Waals surface area contributed by atoms with Crippen LogP contribution in [0.5, 0.6) is 0 Å². The lowest BCUT2D eigenvalue weighted by molar-refractivity contribution is -0.145. The molecule has 0 fully saturated rings. The minimum Gasteiger partial charge on any atom is -0.480 e. The molecular weight excluding hydrogens is 342 g/mol. The third-order valence-electron chi connectivity index (χ3n) is 4.90. The van der Waals surface area contributed by atoms with Gasteiger partial charge in [0.25, 0.3) is 0 Å². The number of carboxylic acids is 1. The van der Waals surface area contributed by atoms with E-state index in [4.69, 9.17) is 4.74 Å². The second-order valence-electron chi connectivity index (χ2n) is 7.97. The maximum Gasteiger partial charge on any atom is 0.411 e. The average Bonchev–Trinajstić information content (AvgIpc) is 2.64. The van der Waals surface area contributed by atoms with Crippen molar-refractivity contribution in [3.05, 3.63) is 71.3 Å². The molecule has 1 amide bonds. The molecule has 27 heavy (non-hydrogen) atoms. The number of ether oxygens (including phenoxy) is 1. The molecule has 2 unspecified atom stereocenters. The van der Waals surface area contributed by atoms with Crippen molar-refractivity contribution in [3.8, 4) is 0 Å². The number of amides is 1. The van der Waals surface area contributed by atoms with Gasteiger partial charge < -0.3 is 9.84 Å². The third-order valence-corrected chi connectivity index (χ3v) is 4.90. The van der Waals surface area contributed by atoms with Gasteiger partial charge in [0.1, 0.15) is 12.6 Å². The number of hydrogen-bond acceptors (Lipinski definition) is 3. The van der Waals surface area contributed by atoms with E-state index in [0.29, 0.717) is 0 Å². The first-order valence-electron chi connectivity index (χ1n) is 9.08. The SMILES string of the molecule is CC(C)(C)C1c2ccccc2CC(C(=O)O)N1C(=O)OCc1ccccc1. The number of carbonyl (C=O) groups excluding carboxylic acids is 1. The van der Waals surface area contributed by atoms with E-state index in [1.165, 1.54) is 4.90 Å².